The molecule has 1 atom stereocenters. The Balaban J connectivity index is 0.000000381. The number of carboxylic acids is 2. The first-order chi connectivity index (χ1) is 11.5. The van der Waals surface area contributed by atoms with E-state index in [-0.39, 0.29) is 11.7 Å². The Morgan fingerprint density at radius 2 is 1.88 bits per heavy atom. The van der Waals surface area contributed by atoms with Gasteiger partial charge in [0.2, 0.25) is 0 Å². The zero-order valence-electron chi connectivity index (χ0n) is 12.9. The highest BCUT2D eigenvalue weighted by atomic mass is 35.5. The molecule has 140 valence electrons. The van der Waals surface area contributed by atoms with Crippen LogP contribution in [-0.2, 0) is 16.1 Å². The molecule has 0 radical (unpaired) electrons. The number of carboxylic acid groups (broad SMARTS) is 2. The quantitative estimate of drug-likeness (QED) is 0.780. The summed E-state index contributed by atoms with van der Waals surface area (Å²) in [4.78, 5) is 21.8. The van der Waals surface area contributed by atoms with Gasteiger partial charge in [0.1, 0.15) is 5.82 Å². The van der Waals surface area contributed by atoms with Crippen LogP contribution in [0.25, 0.3) is 0 Å². The minimum absolute atomic E-state index is 0.333. The number of carbonyl (C=O) groups is 2. The molecule has 1 saturated heterocycles. The molecule has 0 aliphatic carbocycles. The van der Waals surface area contributed by atoms with E-state index in [9.17, 15) is 22.4 Å². The molecule has 2 N–H and O–H groups in total. The molecule has 1 fully saturated rings. The Bertz CT molecular complexity index is 624. The number of rotatable bonds is 3. The van der Waals surface area contributed by atoms with E-state index in [0.717, 1.165) is 13.0 Å². The molecule has 25 heavy (non-hydrogen) atoms. The predicted octanol–water partition coefficient (Wildman–Crippen LogP) is 3.41. The van der Waals surface area contributed by atoms with Crippen LogP contribution in [0.4, 0.5) is 17.6 Å². The van der Waals surface area contributed by atoms with Crippen LogP contribution in [0.3, 0.4) is 0 Å². The lowest BCUT2D eigenvalue weighted by Gasteiger charge is -2.30. The fourth-order valence-corrected chi connectivity index (χ4v) is 2.45. The highest BCUT2D eigenvalue weighted by Gasteiger charge is 2.38. The van der Waals surface area contributed by atoms with Gasteiger partial charge in [0, 0.05) is 23.7 Å². The Morgan fingerprint density at radius 1 is 1.28 bits per heavy atom. The van der Waals surface area contributed by atoms with Crippen molar-refractivity contribution < 1.29 is 37.4 Å². The minimum Gasteiger partial charge on any atom is -0.481 e. The maximum Gasteiger partial charge on any atom is 0.490 e. The molecule has 1 aromatic rings. The van der Waals surface area contributed by atoms with Crippen LogP contribution in [-0.4, -0.2) is 46.3 Å². The zero-order valence-corrected chi connectivity index (χ0v) is 13.6. The lowest BCUT2D eigenvalue weighted by atomic mass is 9.98. The average molecular weight is 386 g/mol. The topological polar surface area (TPSA) is 77.8 Å². The summed E-state index contributed by atoms with van der Waals surface area (Å²) in [7, 11) is 0. The summed E-state index contributed by atoms with van der Waals surface area (Å²) in [6, 6.07) is 4.59. The number of benzene rings is 1. The van der Waals surface area contributed by atoms with Gasteiger partial charge in [0.25, 0.3) is 0 Å². The van der Waals surface area contributed by atoms with Crippen molar-refractivity contribution in [3.63, 3.8) is 0 Å². The van der Waals surface area contributed by atoms with Crippen molar-refractivity contribution in [3.05, 3.63) is 34.6 Å². The third kappa shape index (κ3) is 7.27. The van der Waals surface area contributed by atoms with Crippen LogP contribution in [0.5, 0.6) is 0 Å². The first-order valence-corrected chi connectivity index (χ1v) is 7.57. The maximum absolute atomic E-state index is 13.6. The lowest BCUT2D eigenvalue weighted by Crippen LogP contribution is -2.38. The molecule has 10 heteroatoms. The summed E-state index contributed by atoms with van der Waals surface area (Å²) < 4.78 is 45.4. The van der Waals surface area contributed by atoms with Crippen LogP contribution >= 0.6 is 11.6 Å². The zero-order chi connectivity index (χ0) is 19.2. The van der Waals surface area contributed by atoms with E-state index < -0.39 is 18.1 Å². The van der Waals surface area contributed by atoms with Gasteiger partial charge in [-0.1, -0.05) is 17.7 Å². The van der Waals surface area contributed by atoms with Crippen molar-refractivity contribution in [1.82, 2.24) is 4.90 Å². The number of piperidine rings is 1. The standard InChI is InChI=1S/C13H15ClFNO2.C2HF3O2/c14-11-4-3-9(12(15)6-11)7-16-5-1-2-10(8-16)13(17)18;3-2(4,5)1(6)7/h3-4,6,10H,1-2,5,7-8H2,(H,17,18);(H,6,7). The number of nitrogens with zero attached hydrogens (tertiary/aromatic N) is 1. The van der Waals surface area contributed by atoms with Crippen molar-refractivity contribution in [2.24, 2.45) is 5.92 Å². The largest absolute Gasteiger partial charge is 0.490 e. The van der Waals surface area contributed by atoms with Gasteiger partial charge in [-0.3, -0.25) is 9.69 Å². The van der Waals surface area contributed by atoms with Gasteiger partial charge >= 0.3 is 18.1 Å². The molecule has 1 aromatic carbocycles. The van der Waals surface area contributed by atoms with Gasteiger partial charge in [0.15, 0.2) is 0 Å². The molecule has 2 rings (SSSR count). The molecule has 0 spiro atoms. The Hall–Kier alpha value is -1.87. The Morgan fingerprint density at radius 3 is 2.36 bits per heavy atom. The van der Waals surface area contributed by atoms with Crippen molar-refractivity contribution in [3.8, 4) is 0 Å². The molecular weight excluding hydrogens is 370 g/mol. The summed E-state index contributed by atoms with van der Waals surface area (Å²) in [5.74, 6) is -4.20. The highest BCUT2D eigenvalue weighted by Crippen LogP contribution is 2.21. The normalized spacial score (nSPS) is 18.2. The average Bonchev–Trinajstić information content (AvgIpc) is 2.50. The number of hydrogen-bond acceptors (Lipinski definition) is 3. The smallest absolute Gasteiger partial charge is 0.481 e. The third-order valence-corrected chi connectivity index (χ3v) is 3.74. The van der Waals surface area contributed by atoms with Gasteiger partial charge in [-0.2, -0.15) is 13.2 Å². The molecule has 0 amide bonds. The fourth-order valence-electron chi connectivity index (χ4n) is 2.29. The van der Waals surface area contributed by atoms with E-state index >= 15 is 0 Å². The first-order valence-electron chi connectivity index (χ1n) is 7.20. The van der Waals surface area contributed by atoms with Crippen LogP contribution in [0.1, 0.15) is 18.4 Å². The molecule has 0 aromatic heterocycles. The summed E-state index contributed by atoms with van der Waals surface area (Å²) in [5.41, 5.74) is 0.561. The minimum atomic E-state index is -5.08. The summed E-state index contributed by atoms with van der Waals surface area (Å²) in [6.07, 6.45) is -3.54. The van der Waals surface area contributed by atoms with Crippen molar-refractivity contribution in [2.45, 2.75) is 25.6 Å². The third-order valence-electron chi connectivity index (χ3n) is 3.51. The Labute approximate surface area is 145 Å². The van der Waals surface area contributed by atoms with E-state index in [1.807, 2.05) is 4.90 Å². The summed E-state index contributed by atoms with van der Waals surface area (Å²) in [5, 5.41) is 16.5. The number of likely N-dealkylation sites (tertiary alicyclic amines) is 1. The van der Waals surface area contributed by atoms with Gasteiger partial charge in [-0.05, 0) is 31.5 Å². The van der Waals surface area contributed by atoms with Crippen LogP contribution in [0.15, 0.2) is 18.2 Å². The van der Waals surface area contributed by atoms with Crippen LogP contribution in [0.2, 0.25) is 5.02 Å². The molecule has 1 aliphatic rings. The molecule has 1 unspecified atom stereocenters. The summed E-state index contributed by atoms with van der Waals surface area (Å²) >= 11 is 5.69. The van der Waals surface area contributed by atoms with E-state index in [4.69, 9.17) is 26.6 Å². The van der Waals surface area contributed by atoms with Gasteiger partial charge in [0.05, 0.1) is 5.92 Å². The van der Waals surface area contributed by atoms with Crippen molar-refractivity contribution >= 4 is 23.5 Å². The highest BCUT2D eigenvalue weighted by molar-refractivity contribution is 6.30. The van der Waals surface area contributed by atoms with Gasteiger partial charge in [-0.15, -0.1) is 0 Å². The number of halogens is 5. The lowest BCUT2D eigenvalue weighted by molar-refractivity contribution is -0.192. The van der Waals surface area contributed by atoms with E-state index in [0.29, 0.717) is 30.1 Å². The molecule has 1 heterocycles. The molecule has 0 saturated carbocycles. The molecule has 0 bridgehead atoms. The summed E-state index contributed by atoms with van der Waals surface area (Å²) in [6.45, 7) is 1.73. The van der Waals surface area contributed by atoms with Crippen molar-refractivity contribution in [1.29, 1.82) is 0 Å². The second kappa shape index (κ2) is 9.00. The Kier molecular flexibility index (Phi) is 7.62. The van der Waals surface area contributed by atoms with E-state index in [1.165, 1.54) is 6.07 Å². The second-order valence-corrected chi connectivity index (χ2v) is 5.89. The molecule has 5 nitrogen and oxygen atoms in total. The maximum atomic E-state index is 13.6. The van der Waals surface area contributed by atoms with E-state index in [1.54, 1.807) is 12.1 Å². The van der Waals surface area contributed by atoms with E-state index in [2.05, 4.69) is 0 Å². The van der Waals surface area contributed by atoms with Gasteiger partial charge in [-0.25, -0.2) is 9.18 Å². The monoisotopic (exact) mass is 385 g/mol. The second-order valence-electron chi connectivity index (χ2n) is 5.45. The SMILES string of the molecule is O=C(O)C(F)(F)F.O=C(O)C1CCCN(Cc2ccc(Cl)cc2F)C1. The number of alkyl halides is 3. The number of aliphatic carboxylic acids is 2. The van der Waals surface area contributed by atoms with Gasteiger partial charge < -0.3 is 10.2 Å². The fraction of sp³-hybridized carbons (Fsp3) is 0.467. The molecular formula is C15H16ClF4NO4. The van der Waals surface area contributed by atoms with Crippen molar-refractivity contribution in [2.75, 3.05) is 13.1 Å². The predicted molar refractivity (Wildman–Crippen MR) is 80.7 cm³/mol. The van der Waals surface area contributed by atoms with Crippen LogP contribution in [0, 0.1) is 11.7 Å². The number of hydrogen-bond donors (Lipinski definition) is 2. The van der Waals surface area contributed by atoms with Crippen LogP contribution < -0.4 is 0 Å². The molecule has 1 aliphatic heterocycles. The first kappa shape index (κ1) is 21.2.